The van der Waals surface area contributed by atoms with Crippen molar-refractivity contribution in [2.24, 2.45) is 11.7 Å². The standard InChI is InChI=1S/C17H27NOS/c1-7-19-15-9-8-13(17(4,5)6)10-14(15)11(2)12(3)16(18)20/h8-12H,7H2,1-6H3,(H2,18,20). The van der Waals surface area contributed by atoms with Gasteiger partial charge in [-0.25, -0.2) is 0 Å². The van der Waals surface area contributed by atoms with Gasteiger partial charge in [0.05, 0.1) is 11.6 Å². The molecule has 0 radical (unpaired) electrons. The van der Waals surface area contributed by atoms with Crippen LogP contribution >= 0.6 is 12.2 Å². The van der Waals surface area contributed by atoms with Gasteiger partial charge in [-0.1, -0.05) is 59.0 Å². The van der Waals surface area contributed by atoms with Crippen molar-refractivity contribution in [2.45, 2.75) is 52.9 Å². The number of hydrogen-bond acceptors (Lipinski definition) is 2. The van der Waals surface area contributed by atoms with Crippen LogP contribution in [0.25, 0.3) is 0 Å². The Morgan fingerprint density at radius 1 is 1.30 bits per heavy atom. The second-order valence-electron chi connectivity index (χ2n) is 6.42. The van der Waals surface area contributed by atoms with Crippen LogP contribution in [-0.2, 0) is 5.41 Å². The van der Waals surface area contributed by atoms with E-state index in [4.69, 9.17) is 22.7 Å². The first-order valence-electron chi connectivity index (χ1n) is 7.25. The van der Waals surface area contributed by atoms with Gasteiger partial charge in [-0.2, -0.15) is 0 Å². The lowest BCUT2D eigenvalue weighted by Crippen LogP contribution is -2.24. The third-order valence-corrected chi connectivity index (χ3v) is 4.24. The molecule has 0 bridgehead atoms. The van der Waals surface area contributed by atoms with E-state index in [1.807, 2.05) is 6.92 Å². The molecule has 2 nitrogen and oxygen atoms in total. The highest BCUT2D eigenvalue weighted by molar-refractivity contribution is 7.80. The molecule has 2 unspecified atom stereocenters. The molecule has 0 aliphatic carbocycles. The van der Waals surface area contributed by atoms with Crippen LogP contribution in [0.1, 0.15) is 58.6 Å². The van der Waals surface area contributed by atoms with Gasteiger partial charge in [0.2, 0.25) is 0 Å². The summed E-state index contributed by atoms with van der Waals surface area (Å²) in [4.78, 5) is 0.557. The van der Waals surface area contributed by atoms with E-state index in [2.05, 4.69) is 52.8 Å². The summed E-state index contributed by atoms with van der Waals surface area (Å²) in [6.07, 6.45) is 0. The van der Waals surface area contributed by atoms with E-state index in [0.717, 1.165) is 5.75 Å². The first kappa shape index (κ1) is 17.0. The number of thiocarbonyl (C=S) groups is 1. The van der Waals surface area contributed by atoms with E-state index in [9.17, 15) is 0 Å². The molecule has 0 amide bonds. The summed E-state index contributed by atoms with van der Waals surface area (Å²) in [7, 11) is 0. The van der Waals surface area contributed by atoms with Crippen LogP contribution in [0.15, 0.2) is 18.2 Å². The molecule has 0 saturated carbocycles. The monoisotopic (exact) mass is 293 g/mol. The molecule has 2 N–H and O–H groups in total. The molecule has 0 saturated heterocycles. The van der Waals surface area contributed by atoms with Crippen LogP contribution in [-0.4, -0.2) is 11.6 Å². The third-order valence-electron chi connectivity index (χ3n) is 3.87. The normalized spacial score (nSPS) is 14.7. The molecule has 3 heteroatoms. The first-order chi connectivity index (χ1) is 9.18. The summed E-state index contributed by atoms with van der Waals surface area (Å²) in [5.41, 5.74) is 8.43. The molecule has 2 atom stereocenters. The molecular formula is C17H27NOS. The Labute approximate surface area is 128 Å². The highest BCUT2D eigenvalue weighted by Gasteiger charge is 2.23. The van der Waals surface area contributed by atoms with E-state index in [1.165, 1.54) is 11.1 Å². The summed E-state index contributed by atoms with van der Waals surface area (Å²) >= 11 is 5.15. The average Bonchev–Trinajstić information content (AvgIpc) is 2.36. The van der Waals surface area contributed by atoms with Gasteiger partial charge in [-0.05, 0) is 35.4 Å². The van der Waals surface area contributed by atoms with Gasteiger partial charge in [0.1, 0.15) is 5.75 Å². The molecule has 0 spiro atoms. The summed E-state index contributed by atoms with van der Waals surface area (Å²) in [5, 5.41) is 0. The minimum Gasteiger partial charge on any atom is -0.494 e. The third kappa shape index (κ3) is 3.95. The molecule has 112 valence electrons. The molecule has 0 aromatic heterocycles. The molecule has 1 aromatic rings. The lowest BCUT2D eigenvalue weighted by atomic mass is 9.82. The van der Waals surface area contributed by atoms with Crippen molar-refractivity contribution in [3.63, 3.8) is 0 Å². The number of hydrogen-bond donors (Lipinski definition) is 1. The fraction of sp³-hybridized carbons (Fsp3) is 0.588. The van der Waals surface area contributed by atoms with Crippen LogP contribution in [0, 0.1) is 5.92 Å². The van der Waals surface area contributed by atoms with Crippen LogP contribution in [0.5, 0.6) is 5.75 Å². The largest absolute Gasteiger partial charge is 0.494 e. The van der Waals surface area contributed by atoms with Gasteiger partial charge in [-0.15, -0.1) is 0 Å². The molecule has 1 rings (SSSR count). The fourth-order valence-electron chi connectivity index (χ4n) is 2.17. The van der Waals surface area contributed by atoms with E-state index in [0.29, 0.717) is 11.6 Å². The fourth-order valence-corrected chi connectivity index (χ4v) is 2.38. The zero-order chi connectivity index (χ0) is 15.5. The molecular weight excluding hydrogens is 266 g/mol. The maximum atomic E-state index is 5.81. The lowest BCUT2D eigenvalue weighted by Gasteiger charge is -2.26. The minimum absolute atomic E-state index is 0.117. The van der Waals surface area contributed by atoms with Crippen molar-refractivity contribution in [1.29, 1.82) is 0 Å². The van der Waals surface area contributed by atoms with E-state index in [-0.39, 0.29) is 17.3 Å². The molecule has 0 fully saturated rings. The maximum absolute atomic E-state index is 5.81. The van der Waals surface area contributed by atoms with Gasteiger partial charge >= 0.3 is 0 Å². The second kappa shape index (κ2) is 6.57. The summed E-state index contributed by atoms with van der Waals surface area (Å²) in [5.74, 6) is 1.34. The predicted octanol–water partition coefficient (Wildman–Crippen LogP) is 4.41. The van der Waals surface area contributed by atoms with Gasteiger partial charge in [-0.3, -0.25) is 0 Å². The maximum Gasteiger partial charge on any atom is 0.122 e. The second-order valence-corrected chi connectivity index (χ2v) is 6.89. The molecule has 0 aliphatic rings. The average molecular weight is 293 g/mol. The van der Waals surface area contributed by atoms with Crippen molar-refractivity contribution < 1.29 is 4.74 Å². The van der Waals surface area contributed by atoms with Gasteiger partial charge < -0.3 is 10.5 Å². The predicted molar refractivity (Wildman–Crippen MR) is 90.7 cm³/mol. The summed E-state index contributed by atoms with van der Waals surface area (Å²) < 4.78 is 5.77. The first-order valence-corrected chi connectivity index (χ1v) is 7.65. The Kier molecular flexibility index (Phi) is 5.58. The van der Waals surface area contributed by atoms with Crippen molar-refractivity contribution in [2.75, 3.05) is 6.61 Å². The van der Waals surface area contributed by atoms with Crippen LogP contribution in [0.3, 0.4) is 0 Å². The summed E-state index contributed by atoms with van der Waals surface area (Å²) in [6, 6.07) is 6.46. The quantitative estimate of drug-likeness (QED) is 0.817. The molecule has 20 heavy (non-hydrogen) atoms. The van der Waals surface area contributed by atoms with Gasteiger partial charge in [0, 0.05) is 5.92 Å². The number of benzene rings is 1. The van der Waals surface area contributed by atoms with E-state index in [1.54, 1.807) is 0 Å². The molecule has 0 aliphatic heterocycles. The topological polar surface area (TPSA) is 35.2 Å². The van der Waals surface area contributed by atoms with Crippen LogP contribution in [0.4, 0.5) is 0 Å². The highest BCUT2D eigenvalue weighted by Crippen LogP contribution is 2.35. The lowest BCUT2D eigenvalue weighted by molar-refractivity contribution is 0.332. The van der Waals surface area contributed by atoms with Gasteiger partial charge in [0.15, 0.2) is 0 Å². The Bertz CT molecular complexity index is 476. The van der Waals surface area contributed by atoms with Crippen molar-refractivity contribution >= 4 is 17.2 Å². The van der Waals surface area contributed by atoms with Crippen molar-refractivity contribution in [1.82, 2.24) is 0 Å². The number of ether oxygens (including phenoxy) is 1. The number of nitrogens with two attached hydrogens (primary N) is 1. The van der Waals surface area contributed by atoms with E-state index < -0.39 is 0 Å². The van der Waals surface area contributed by atoms with Gasteiger partial charge in [0.25, 0.3) is 0 Å². The number of rotatable bonds is 5. The Balaban J connectivity index is 3.28. The smallest absolute Gasteiger partial charge is 0.122 e. The van der Waals surface area contributed by atoms with Crippen LogP contribution < -0.4 is 10.5 Å². The SMILES string of the molecule is CCOc1ccc(C(C)(C)C)cc1C(C)C(C)C(N)=S. The Hall–Kier alpha value is -1.09. The summed E-state index contributed by atoms with van der Waals surface area (Å²) in [6.45, 7) is 13.6. The zero-order valence-electron chi connectivity index (χ0n) is 13.5. The minimum atomic E-state index is 0.117. The molecule has 1 aromatic carbocycles. The van der Waals surface area contributed by atoms with Crippen molar-refractivity contribution in [3.05, 3.63) is 29.3 Å². The highest BCUT2D eigenvalue weighted by atomic mass is 32.1. The molecule has 0 heterocycles. The zero-order valence-corrected chi connectivity index (χ0v) is 14.3. The Morgan fingerprint density at radius 3 is 2.35 bits per heavy atom. The van der Waals surface area contributed by atoms with Crippen molar-refractivity contribution in [3.8, 4) is 5.75 Å². The van der Waals surface area contributed by atoms with E-state index >= 15 is 0 Å². The van der Waals surface area contributed by atoms with Crippen LogP contribution in [0.2, 0.25) is 0 Å². The Morgan fingerprint density at radius 2 is 1.90 bits per heavy atom.